The Morgan fingerprint density at radius 1 is 1.50 bits per heavy atom. The Bertz CT molecular complexity index is 373. The van der Waals surface area contributed by atoms with Crippen molar-refractivity contribution < 1.29 is 9.53 Å². The molecule has 1 amide bonds. The van der Waals surface area contributed by atoms with Crippen LogP contribution in [0.2, 0.25) is 0 Å². The number of carbonyl (C=O) groups is 1. The number of hydrogen-bond donors (Lipinski definition) is 1. The first kappa shape index (κ1) is 11.0. The maximum atomic E-state index is 12.0. The predicted molar refractivity (Wildman–Crippen MR) is 61.5 cm³/mol. The maximum absolute atomic E-state index is 12.0. The van der Waals surface area contributed by atoms with E-state index in [2.05, 4.69) is 0 Å². The number of nitrogens with zero attached hydrogens (tertiary/aromatic N) is 1. The zero-order chi connectivity index (χ0) is 11.5. The molecule has 1 atom stereocenters. The molecule has 1 fully saturated rings. The molecule has 0 radical (unpaired) electrons. The minimum absolute atomic E-state index is 0.0596. The van der Waals surface area contributed by atoms with Gasteiger partial charge in [0.2, 0.25) is 0 Å². The largest absolute Gasteiger partial charge is 0.497 e. The number of likely N-dealkylation sites (tertiary alicyclic amines) is 1. The normalized spacial score (nSPS) is 19.1. The molecule has 0 bridgehead atoms. The van der Waals surface area contributed by atoms with E-state index in [1.807, 2.05) is 4.90 Å². The standard InChI is InChI=1S/C12H16N2O2/c1-16-11-4-2-9(3-5-11)12(15)14-7-6-10(14)8-13/h2-5,10H,6-8,13H2,1H3. The summed E-state index contributed by atoms with van der Waals surface area (Å²) in [5, 5.41) is 0. The monoisotopic (exact) mass is 220 g/mol. The first-order valence-electron chi connectivity index (χ1n) is 5.41. The first-order valence-corrected chi connectivity index (χ1v) is 5.41. The minimum atomic E-state index is 0.0596. The summed E-state index contributed by atoms with van der Waals surface area (Å²) in [7, 11) is 1.61. The highest BCUT2D eigenvalue weighted by atomic mass is 16.5. The van der Waals surface area contributed by atoms with Crippen LogP contribution in [-0.4, -0.2) is 37.0 Å². The van der Waals surface area contributed by atoms with Crippen LogP contribution in [0.5, 0.6) is 5.75 Å². The maximum Gasteiger partial charge on any atom is 0.254 e. The first-order chi connectivity index (χ1) is 7.76. The molecule has 1 aliphatic rings. The molecule has 1 aromatic rings. The van der Waals surface area contributed by atoms with E-state index in [-0.39, 0.29) is 11.9 Å². The molecular weight excluding hydrogens is 204 g/mol. The molecule has 1 saturated heterocycles. The van der Waals surface area contributed by atoms with Crippen molar-refractivity contribution in [3.8, 4) is 5.75 Å². The molecule has 2 rings (SSSR count). The zero-order valence-electron chi connectivity index (χ0n) is 9.35. The van der Waals surface area contributed by atoms with E-state index in [0.717, 1.165) is 18.7 Å². The highest BCUT2D eigenvalue weighted by Crippen LogP contribution is 2.20. The Balaban J connectivity index is 2.08. The summed E-state index contributed by atoms with van der Waals surface area (Å²) in [4.78, 5) is 13.8. The van der Waals surface area contributed by atoms with E-state index >= 15 is 0 Å². The Hall–Kier alpha value is -1.55. The summed E-state index contributed by atoms with van der Waals surface area (Å²) < 4.78 is 5.05. The van der Waals surface area contributed by atoms with Gasteiger partial charge in [0.25, 0.3) is 5.91 Å². The van der Waals surface area contributed by atoms with Crippen LogP contribution in [0.3, 0.4) is 0 Å². The number of methoxy groups -OCH3 is 1. The van der Waals surface area contributed by atoms with Gasteiger partial charge >= 0.3 is 0 Å². The predicted octanol–water partition coefficient (Wildman–Crippen LogP) is 0.868. The van der Waals surface area contributed by atoms with Crippen LogP contribution in [0.4, 0.5) is 0 Å². The summed E-state index contributed by atoms with van der Waals surface area (Å²) in [6.07, 6.45) is 1.01. The number of nitrogens with two attached hydrogens (primary N) is 1. The third-order valence-electron chi connectivity index (χ3n) is 3.01. The molecule has 1 aliphatic heterocycles. The Labute approximate surface area is 95.0 Å². The fourth-order valence-corrected chi connectivity index (χ4v) is 1.85. The van der Waals surface area contributed by atoms with Crippen LogP contribution >= 0.6 is 0 Å². The molecule has 4 nitrogen and oxygen atoms in total. The third-order valence-corrected chi connectivity index (χ3v) is 3.01. The van der Waals surface area contributed by atoms with E-state index in [9.17, 15) is 4.79 Å². The molecule has 1 unspecified atom stereocenters. The van der Waals surface area contributed by atoms with Crippen molar-refractivity contribution >= 4 is 5.91 Å². The second kappa shape index (κ2) is 4.53. The second-order valence-electron chi connectivity index (χ2n) is 3.91. The lowest BCUT2D eigenvalue weighted by Gasteiger charge is -2.40. The van der Waals surface area contributed by atoms with E-state index in [0.29, 0.717) is 12.1 Å². The van der Waals surface area contributed by atoms with Crippen LogP contribution in [0.1, 0.15) is 16.8 Å². The molecule has 0 spiro atoms. The van der Waals surface area contributed by atoms with Crippen molar-refractivity contribution in [3.63, 3.8) is 0 Å². The number of rotatable bonds is 3. The molecule has 0 aliphatic carbocycles. The topological polar surface area (TPSA) is 55.6 Å². The van der Waals surface area contributed by atoms with Crippen LogP contribution in [0, 0.1) is 0 Å². The number of carbonyl (C=O) groups excluding carboxylic acids is 1. The van der Waals surface area contributed by atoms with Crippen molar-refractivity contribution in [2.45, 2.75) is 12.5 Å². The van der Waals surface area contributed by atoms with E-state index in [1.165, 1.54) is 0 Å². The van der Waals surface area contributed by atoms with Gasteiger partial charge in [-0.05, 0) is 30.7 Å². The number of ether oxygens (including phenoxy) is 1. The Kier molecular flexibility index (Phi) is 3.10. The fourth-order valence-electron chi connectivity index (χ4n) is 1.85. The average Bonchev–Trinajstić information content (AvgIpc) is 2.28. The van der Waals surface area contributed by atoms with Gasteiger partial charge in [-0.1, -0.05) is 0 Å². The van der Waals surface area contributed by atoms with Gasteiger partial charge in [-0.15, -0.1) is 0 Å². The molecule has 1 heterocycles. The van der Waals surface area contributed by atoms with Crippen molar-refractivity contribution in [1.82, 2.24) is 4.90 Å². The van der Waals surface area contributed by atoms with Crippen LogP contribution < -0.4 is 10.5 Å². The van der Waals surface area contributed by atoms with Gasteiger partial charge in [-0.3, -0.25) is 4.79 Å². The van der Waals surface area contributed by atoms with Crippen molar-refractivity contribution in [3.05, 3.63) is 29.8 Å². The lowest BCUT2D eigenvalue weighted by atomic mass is 10.0. The molecule has 0 saturated carbocycles. The van der Waals surface area contributed by atoms with Crippen molar-refractivity contribution in [1.29, 1.82) is 0 Å². The molecule has 4 heteroatoms. The SMILES string of the molecule is COc1ccc(C(=O)N2CCC2CN)cc1. The molecular formula is C12H16N2O2. The lowest BCUT2D eigenvalue weighted by Crippen LogP contribution is -2.54. The smallest absolute Gasteiger partial charge is 0.254 e. The van der Waals surface area contributed by atoms with Gasteiger partial charge in [0.15, 0.2) is 0 Å². The van der Waals surface area contributed by atoms with Crippen LogP contribution in [0.15, 0.2) is 24.3 Å². The highest BCUT2D eigenvalue weighted by molar-refractivity contribution is 5.95. The van der Waals surface area contributed by atoms with Crippen molar-refractivity contribution in [2.24, 2.45) is 5.73 Å². The van der Waals surface area contributed by atoms with Gasteiger partial charge in [0.05, 0.1) is 7.11 Å². The fraction of sp³-hybridized carbons (Fsp3) is 0.417. The molecule has 0 aromatic heterocycles. The third kappa shape index (κ3) is 1.88. The quantitative estimate of drug-likeness (QED) is 0.822. The van der Waals surface area contributed by atoms with Crippen LogP contribution in [0.25, 0.3) is 0 Å². The average molecular weight is 220 g/mol. The zero-order valence-corrected chi connectivity index (χ0v) is 9.35. The lowest BCUT2D eigenvalue weighted by molar-refractivity contribution is 0.0482. The van der Waals surface area contributed by atoms with E-state index in [1.54, 1.807) is 31.4 Å². The summed E-state index contributed by atoms with van der Waals surface area (Å²) in [5.74, 6) is 0.819. The summed E-state index contributed by atoms with van der Waals surface area (Å²) in [6, 6.07) is 7.38. The van der Waals surface area contributed by atoms with Gasteiger partial charge in [0.1, 0.15) is 5.75 Å². The Morgan fingerprint density at radius 3 is 2.62 bits per heavy atom. The van der Waals surface area contributed by atoms with E-state index in [4.69, 9.17) is 10.5 Å². The highest BCUT2D eigenvalue weighted by Gasteiger charge is 2.31. The van der Waals surface area contributed by atoms with Gasteiger partial charge in [-0.2, -0.15) is 0 Å². The second-order valence-corrected chi connectivity index (χ2v) is 3.91. The van der Waals surface area contributed by atoms with Gasteiger partial charge in [-0.25, -0.2) is 0 Å². The van der Waals surface area contributed by atoms with Gasteiger partial charge in [0, 0.05) is 24.7 Å². The number of hydrogen-bond acceptors (Lipinski definition) is 3. The number of amides is 1. The molecule has 86 valence electrons. The van der Waals surface area contributed by atoms with Gasteiger partial charge < -0.3 is 15.4 Å². The molecule has 2 N–H and O–H groups in total. The molecule has 1 aromatic carbocycles. The van der Waals surface area contributed by atoms with Crippen LogP contribution in [-0.2, 0) is 0 Å². The molecule has 16 heavy (non-hydrogen) atoms. The summed E-state index contributed by atoms with van der Waals surface area (Å²) in [6.45, 7) is 1.36. The summed E-state index contributed by atoms with van der Waals surface area (Å²) in [5.41, 5.74) is 6.27. The summed E-state index contributed by atoms with van der Waals surface area (Å²) >= 11 is 0. The number of benzene rings is 1. The van der Waals surface area contributed by atoms with E-state index < -0.39 is 0 Å². The van der Waals surface area contributed by atoms with Crippen molar-refractivity contribution in [2.75, 3.05) is 20.2 Å². The minimum Gasteiger partial charge on any atom is -0.497 e. The Morgan fingerprint density at radius 2 is 2.19 bits per heavy atom.